The first-order chi connectivity index (χ1) is 11.6. The number of amides is 1. The van der Waals surface area contributed by atoms with Crippen LogP contribution in [0.15, 0.2) is 23.1 Å². The molecule has 7 nitrogen and oxygen atoms in total. The third kappa shape index (κ3) is 5.15. The number of nitrogens with one attached hydrogen (secondary N) is 1. The van der Waals surface area contributed by atoms with Gasteiger partial charge in [-0.2, -0.15) is 0 Å². The molecule has 0 radical (unpaired) electrons. The highest BCUT2D eigenvalue weighted by Gasteiger charge is 2.24. The van der Waals surface area contributed by atoms with Crippen LogP contribution in [0.5, 0.6) is 0 Å². The molecule has 1 N–H and O–H groups in total. The van der Waals surface area contributed by atoms with Crippen LogP contribution in [0.25, 0.3) is 0 Å². The first kappa shape index (κ1) is 20.1. The number of ether oxygens (including phenoxy) is 1. The maximum atomic E-state index is 12.3. The Morgan fingerprint density at radius 1 is 1.32 bits per heavy atom. The second-order valence-corrected chi connectivity index (χ2v) is 8.99. The number of hydrogen-bond donors (Lipinski definition) is 1. The zero-order valence-electron chi connectivity index (χ0n) is 14.8. The highest BCUT2D eigenvalue weighted by Crippen LogP contribution is 2.26. The molecule has 1 heterocycles. The lowest BCUT2D eigenvalue weighted by Gasteiger charge is -2.34. The molecular weight excluding hydrogens is 366 g/mol. The number of halogens is 1. The Labute approximate surface area is 153 Å². The lowest BCUT2D eigenvalue weighted by molar-refractivity contribution is -0.121. The third-order valence-electron chi connectivity index (χ3n) is 3.85. The Kier molecular flexibility index (Phi) is 6.45. The van der Waals surface area contributed by atoms with E-state index in [1.165, 1.54) is 32.3 Å². The molecule has 2 unspecified atom stereocenters. The molecule has 1 aromatic carbocycles. The van der Waals surface area contributed by atoms with E-state index < -0.39 is 10.0 Å². The summed E-state index contributed by atoms with van der Waals surface area (Å²) >= 11 is 6.10. The van der Waals surface area contributed by atoms with Gasteiger partial charge < -0.3 is 10.1 Å². The summed E-state index contributed by atoms with van der Waals surface area (Å²) in [6.45, 7) is 5.46. The number of anilines is 1. The van der Waals surface area contributed by atoms with E-state index >= 15 is 0 Å². The third-order valence-corrected chi connectivity index (χ3v) is 5.99. The molecule has 1 saturated heterocycles. The first-order valence-corrected chi connectivity index (χ1v) is 9.81. The number of carbonyl (C=O) groups is 1. The fourth-order valence-electron chi connectivity index (χ4n) is 2.78. The largest absolute Gasteiger partial charge is 0.373 e. The predicted octanol–water partition coefficient (Wildman–Crippen LogP) is 1.64. The minimum Gasteiger partial charge on any atom is -0.373 e. The lowest BCUT2D eigenvalue weighted by atomic mass is 10.2. The van der Waals surface area contributed by atoms with Gasteiger partial charge >= 0.3 is 0 Å². The topological polar surface area (TPSA) is 79.0 Å². The van der Waals surface area contributed by atoms with Crippen molar-refractivity contribution in [1.29, 1.82) is 0 Å². The summed E-state index contributed by atoms with van der Waals surface area (Å²) in [7, 11) is -0.703. The maximum absolute atomic E-state index is 12.3. The van der Waals surface area contributed by atoms with Gasteiger partial charge in [0.25, 0.3) is 0 Å². The van der Waals surface area contributed by atoms with Crippen molar-refractivity contribution >= 4 is 33.2 Å². The Morgan fingerprint density at radius 2 is 1.92 bits per heavy atom. The predicted molar refractivity (Wildman–Crippen MR) is 97.4 cm³/mol. The number of benzene rings is 1. The van der Waals surface area contributed by atoms with Crippen LogP contribution in [-0.2, 0) is 19.6 Å². The second kappa shape index (κ2) is 8.01. The van der Waals surface area contributed by atoms with Gasteiger partial charge in [0, 0.05) is 27.2 Å². The van der Waals surface area contributed by atoms with E-state index in [9.17, 15) is 13.2 Å². The van der Waals surface area contributed by atoms with Crippen LogP contribution in [0, 0.1) is 0 Å². The smallest absolute Gasteiger partial charge is 0.242 e. The minimum atomic E-state index is -3.60. The summed E-state index contributed by atoms with van der Waals surface area (Å²) in [5.74, 6) is -0.248. The van der Waals surface area contributed by atoms with Gasteiger partial charge in [-0.1, -0.05) is 11.6 Å². The number of nitrogens with zero attached hydrogens (tertiary/aromatic N) is 2. The molecule has 9 heteroatoms. The van der Waals surface area contributed by atoms with Gasteiger partial charge in [0.15, 0.2) is 0 Å². The molecule has 1 fully saturated rings. The monoisotopic (exact) mass is 389 g/mol. The molecule has 1 aliphatic heterocycles. The molecule has 0 aromatic heterocycles. The van der Waals surface area contributed by atoms with Gasteiger partial charge in [0.2, 0.25) is 15.9 Å². The van der Waals surface area contributed by atoms with Crippen molar-refractivity contribution in [2.75, 3.05) is 39.0 Å². The molecule has 140 valence electrons. The van der Waals surface area contributed by atoms with E-state index in [2.05, 4.69) is 5.32 Å². The standard InChI is InChI=1S/C16H24ClN3O4S/c1-11-8-20(9-12(2)24-11)10-16(21)18-15-7-13(5-6-14(15)17)25(22,23)19(3)4/h5-7,11-12H,8-10H2,1-4H3,(H,18,21). The van der Waals surface area contributed by atoms with Crippen molar-refractivity contribution < 1.29 is 17.9 Å². The molecule has 1 amide bonds. The molecule has 2 atom stereocenters. The zero-order valence-corrected chi connectivity index (χ0v) is 16.4. The fourth-order valence-corrected chi connectivity index (χ4v) is 3.87. The highest BCUT2D eigenvalue weighted by molar-refractivity contribution is 7.89. The van der Waals surface area contributed by atoms with Crippen molar-refractivity contribution in [3.05, 3.63) is 23.2 Å². The number of carbonyl (C=O) groups excluding carboxylic acids is 1. The molecule has 0 aliphatic carbocycles. The average molecular weight is 390 g/mol. The summed E-state index contributed by atoms with van der Waals surface area (Å²) in [4.78, 5) is 14.4. The van der Waals surface area contributed by atoms with E-state index in [1.54, 1.807) is 0 Å². The average Bonchev–Trinajstić information content (AvgIpc) is 2.47. The summed E-state index contributed by atoms with van der Waals surface area (Å²) in [5, 5.41) is 2.99. The van der Waals surface area contributed by atoms with Crippen LogP contribution in [0.3, 0.4) is 0 Å². The quantitative estimate of drug-likeness (QED) is 0.828. The van der Waals surface area contributed by atoms with E-state index in [4.69, 9.17) is 16.3 Å². The minimum absolute atomic E-state index is 0.0636. The molecule has 1 aromatic rings. The van der Waals surface area contributed by atoms with E-state index in [1.807, 2.05) is 18.7 Å². The molecule has 0 spiro atoms. The van der Waals surface area contributed by atoms with Crippen LogP contribution in [0.1, 0.15) is 13.8 Å². The van der Waals surface area contributed by atoms with E-state index in [0.717, 1.165) is 4.31 Å². The van der Waals surface area contributed by atoms with Crippen LogP contribution in [0.4, 0.5) is 5.69 Å². The molecule has 1 aliphatic rings. The molecule has 2 rings (SSSR count). The number of morpholine rings is 1. The van der Waals surface area contributed by atoms with Gasteiger partial charge in [-0.05, 0) is 32.0 Å². The number of hydrogen-bond acceptors (Lipinski definition) is 5. The highest BCUT2D eigenvalue weighted by atomic mass is 35.5. The normalized spacial score (nSPS) is 22.2. The van der Waals surface area contributed by atoms with Crippen LogP contribution in [-0.4, -0.2) is 69.5 Å². The zero-order chi connectivity index (χ0) is 18.8. The van der Waals surface area contributed by atoms with E-state index in [-0.39, 0.29) is 40.3 Å². The lowest BCUT2D eigenvalue weighted by Crippen LogP contribution is -2.48. The van der Waals surface area contributed by atoms with Crippen molar-refractivity contribution in [3.8, 4) is 0 Å². The number of rotatable bonds is 5. The second-order valence-electron chi connectivity index (χ2n) is 6.43. The molecular formula is C16H24ClN3O4S. The maximum Gasteiger partial charge on any atom is 0.242 e. The molecule has 0 bridgehead atoms. The molecule has 0 saturated carbocycles. The van der Waals surface area contributed by atoms with Gasteiger partial charge in [0.05, 0.1) is 34.4 Å². The fraction of sp³-hybridized carbons (Fsp3) is 0.562. The van der Waals surface area contributed by atoms with Crippen LogP contribution in [0.2, 0.25) is 5.02 Å². The van der Waals surface area contributed by atoms with Crippen molar-refractivity contribution in [1.82, 2.24) is 9.21 Å². The van der Waals surface area contributed by atoms with Crippen LogP contribution < -0.4 is 5.32 Å². The van der Waals surface area contributed by atoms with Crippen molar-refractivity contribution in [2.45, 2.75) is 31.0 Å². The van der Waals surface area contributed by atoms with Crippen LogP contribution >= 0.6 is 11.6 Å². The van der Waals surface area contributed by atoms with Gasteiger partial charge in [-0.15, -0.1) is 0 Å². The van der Waals surface area contributed by atoms with Gasteiger partial charge in [-0.3, -0.25) is 9.69 Å². The van der Waals surface area contributed by atoms with E-state index in [0.29, 0.717) is 13.1 Å². The first-order valence-electron chi connectivity index (χ1n) is 7.99. The molecule has 25 heavy (non-hydrogen) atoms. The Morgan fingerprint density at radius 3 is 2.48 bits per heavy atom. The summed E-state index contributed by atoms with van der Waals surface area (Å²) in [5.41, 5.74) is 0.281. The Hall–Kier alpha value is -1.19. The summed E-state index contributed by atoms with van der Waals surface area (Å²) < 4.78 is 31.2. The summed E-state index contributed by atoms with van der Waals surface area (Å²) in [6, 6.07) is 4.26. The van der Waals surface area contributed by atoms with Crippen molar-refractivity contribution in [2.24, 2.45) is 0 Å². The SMILES string of the molecule is CC1CN(CC(=O)Nc2cc(S(=O)(=O)N(C)C)ccc2Cl)CC(C)O1. The van der Waals surface area contributed by atoms with Gasteiger partial charge in [0.1, 0.15) is 0 Å². The van der Waals surface area contributed by atoms with Gasteiger partial charge in [-0.25, -0.2) is 12.7 Å². The number of sulfonamides is 1. The Bertz CT molecular complexity index is 729. The van der Waals surface area contributed by atoms with Crippen molar-refractivity contribution in [3.63, 3.8) is 0 Å². The Balaban J connectivity index is 2.10. The summed E-state index contributed by atoms with van der Waals surface area (Å²) in [6.07, 6.45) is 0.127.